The van der Waals surface area contributed by atoms with Crippen molar-refractivity contribution in [2.75, 3.05) is 18.9 Å². The van der Waals surface area contributed by atoms with Crippen molar-refractivity contribution < 1.29 is 22.6 Å². The van der Waals surface area contributed by atoms with Gasteiger partial charge in [-0.3, -0.25) is 4.72 Å². The standard InChI is InChI=1S/C22H22ClNO5S/c1-14-11-17(27-3)12-15(2)22(14)30(25,26)24-18-13-16(23)9-10-19(18)29-21-8-6-5-7-20(21)28-4/h5-13,24H,1-4H3. The van der Waals surface area contributed by atoms with Gasteiger partial charge in [-0.2, -0.15) is 0 Å². The van der Waals surface area contributed by atoms with Gasteiger partial charge in [0.2, 0.25) is 0 Å². The lowest BCUT2D eigenvalue weighted by Gasteiger charge is -2.17. The van der Waals surface area contributed by atoms with E-state index in [0.29, 0.717) is 33.4 Å². The molecule has 8 heteroatoms. The van der Waals surface area contributed by atoms with Crippen molar-refractivity contribution >= 4 is 27.3 Å². The minimum atomic E-state index is -3.92. The van der Waals surface area contributed by atoms with Gasteiger partial charge in [-0.25, -0.2) is 8.42 Å². The first kappa shape index (κ1) is 21.8. The van der Waals surface area contributed by atoms with E-state index in [4.69, 9.17) is 25.8 Å². The number of nitrogens with one attached hydrogen (secondary N) is 1. The van der Waals surface area contributed by atoms with Gasteiger partial charge in [-0.05, 0) is 67.4 Å². The third-order valence-corrected chi connectivity index (χ3v) is 6.32. The van der Waals surface area contributed by atoms with Gasteiger partial charge >= 0.3 is 0 Å². The molecule has 1 N–H and O–H groups in total. The Balaban J connectivity index is 2.02. The van der Waals surface area contributed by atoms with Crippen molar-refractivity contribution in [2.45, 2.75) is 18.7 Å². The zero-order valence-corrected chi connectivity index (χ0v) is 18.6. The van der Waals surface area contributed by atoms with E-state index in [1.807, 2.05) is 6.07 Å². The molecule has 0 fully saturated rings. The number of benzene rings is 3. The lowest BCUT2D eigenvalue weighted by Crippen LogP contribution is -2.16. The largest absolute Gasteiger partial charge is 0.497 e. The van der Waals surface area contributed by atoms with Gasteiger partial charge < -0.3 is 14.2 Å². The van der Waals surface area contributed by atoms with E-state index >= 15 is 0 Å². The Morgan fingerprint density at radius 1 is 0.833 bits per heavy atom. The first-order chi connectivity index (χ1) is 14.2. The van der Waals surface area contributed by atoms with Crippen LogP contribution in [0.4, 0.5) is 5.69 Å². The van der Waals surface area contributed by atoms with Crippen LogP contribution in [0.25, 0.3) is 0 Å². The third kappa shape index (κ3) is 4.63. The maximum Gasteiger partial charge on any atom is 0.262 e. The second-order valence-electron chi connectivity index (χ2n) is 6.59. The molecule has 0 amide bonds. The predicted octanol–water partition coefficient (Wildman–Crippen LogP) is 5.57. The first-order valence-electron chi connectivity index (χ1n) is 9.03. The van der Waals surface area contributed by atoms with Crippen LogP contribution in [0.15, 0.2) is 59.5 Å². The Hall–Kier alpha value is -2.90. The number of aryl methyl sites for hydroxylation is 2. The van der Waals surface area contributed by atoms with Crippen molar-refractivity contribution in [1.82, 2.24) is 0 Å². The Labute approximate surface area is 181 Å². The van der Waals surface area contributed by atoms with Gasteiger partial charge in [-0.15, -0.1) is 0 Å². The topological polar surface area (TPSA) is 73.9 Å². The highest BCUT2D eigenvalue weighted by molar-refractivity contribution is 7.92. The van der Waals surface area contributed by atoms with Crippen LogP contribution in [0, 0.1) is 13.8 Å². The average Bonchev–Trinajstić information content (AvgIpc) is 2.69. The van der Waals surface area contributed by atoms with E-state index in [1.54, 1.807) is 56.3 Å². The SMILES string of the molecule is COc1cc(C)c(S(=O)(=O)Nc2cc(Cl)ccc2Oc2ccccc2OC)c(C)c1. The van der Waals surface area contributed by atoms with Crippen LogP contribution >= 0.6 is 11.6 Å². The number of hydrogen-bond acceptors (Lipinski definition) is 5. The van der Waals surface area contributed by atoms with Crippen molar-refractivity contribution in [3.8, 4) is 23.0 Å². The maximum absolute atomic E-state index is 13.2. The van der Waals surface area contributed by atoms with E-state index in [2.05, 4.69) is 4.72 Å². The summed E-state index contributed by atoms with van der Waals surface area (Å²) in [6.45, 7) is 3.43. The molecule has 0 aliphatic rings. The third-order valence-electron chi connectivity index (χ3n) is 4.41. The van der Waals surface area contributed by atoms with E-state index in [9.17, 15) is 8.42 Å². The molecule has 6 nitrogen and oxygen atoms in total. The summed E-state index contributed by atoms with van der Waals surface area (Å²) in [4.78, 5) is 0.173. The molecule has 0 saturated carbocycles. The maximum atomic E-state index is 13.2. The van der Waals surface area contributed by atoms with Gasteiger partial charge in [0.25, 0.3) is 10.0 Å². The molecule has 0 aliphatic heterocycles. The number of halogens is 1. The van der Waals surface area contributed by atoms with E-state index in [0.717, 1.165) is 0 Å². The molecule has 3 rings (SSSR count). The van der Waals surface area contributed by atoms with Gasteiger partial charge in [0, 0.05) is 5.02 Å². The molecule has 0 heterocycles. The molecule has 0 aliphatic carbocycles. The Bertz CT molecular complexity index is 1150. The summed E-state index contributed by atoms with van der Waals surface area (Å²) in [5.74, 6) is 1.84. The number of sulfonamides is 1. The smallest absolute Gasteiger partial charge is 0.262 e. The number of ether oxygens (including phenoxy) is 3. The molecule has 3 aromatic rings. The molecular weight excluding hydrogens is 426 g/mol. The van der Waals surface area contributed by atoms with Crippen LogP contribution < -0.4 is 18.9 Å². The molecule has 0 radical (unpaired) electrons. The Morgan fingerprint density at radius 3 is 2.07 bits per heavy atom. The number of para-hydroxylation sites is 2. The van der Waals surface area contributed by atoms with E-state index < -0.39 is 10.0 Å². The van der Waals surface area contributed by atoms with Crippen LogP contribution in [0.1, 0.15) is 11.1 Å². The van der Waals surface area contributed by atoms with Gasteiger partial charge in [0.05, 0.1) is 24.8 Å². The molecule has 0 bridgehead atoms. The second kappa shape index (κ2) is 8.85. The molecule has 30 heavy (non-hydrogen) atoms. The molecule has 158 valence electrons. The fraction of sp³-hybridized carbons (Fsp3) is 0.182. The minimum Gasteiger partial charge on any atom is -0.497 e. The number of anilines is 1. The fourth-order valence-corrected chi connectivity index (χ4v) is 4.83. The Kier molecular flexibility index (Phi) is 6.43. The van der Waals surface area contributed by atoms with Gasteiger partial charge in [0.15, 0.2) is 17.2 Å². The minimum absolute atomic E-state index is 0.173. The van der Waals surface area contributed by atoms with Gasteiger partial charge in [-0.1, -0.05) is 23.7 Å². The Morgan fingerprint density at radius 2 is 1.47 bits per heavy atom. The highest BCUT2D eigenvalue weighted by atomic mass is 35.5. The lowest BCUT2D eigenvalue weighted by atomic mass is 10.1. The fourth-order valence-electron chi connectivity index (χ4n) is 3.14. The molecular formula is C22H22ClNO5S. The summed E-state index contributed by atoms with van der Waals surface area (Å²) in [5.41, 5.74) is 1.34. The molecule has 3 aromatic carbocycles. The summed E-state index contributed by atoms with van der Waals surface area (Å²) in [7, 11) is -0.856. The number of methoxy groups -OCH3 is 2. The first-order valence-corrected chi connectivity index (χ1v) is 10.9. The van der Waals surface area contributed by atoms with Crippen molar-refractivity contribution in [1.29, 1.82) is 0 Å². The van der Waals surface area contributed by atoms with Crippen LogP contribution in [-0.2, 0) is 10.0 Å². The van der Waals surface area contributed by atoms with Crippen molar-refractivity contribution in [3.05, 3.63) is 70.7 Å². The zero-order chi connectivity index (χ0) is 21.9. The quantitative estimate of drug-likeness (QED) is 0.512. The number of rotatable bonds is 7. The molecule has 0 atom stereocenters. The average molecular weight is 448 g/mol. The van der Waals surface area contributed by atoms with E-state index in [1.165, 1.54) is 20.3 Å². The molecule has 0 spiro atoms. The predicted molar refractivity (Wildman–Crippen MR) is 118 cm³/mol. The molecule has 0 unspecified atom stereocenters. The highest BCUT2D eigenvalue weighted by Gasteiger charge is 2.23. The highest BCUT2D eigenvalue weighted by Crippen LogP contribution is 2.38. The summed E-state index contributed by atoms with van der Waals surface area (Å²) < 4.78 is 45.5. The van der Waals surface area contributed by atoms with Crippen LogP contribution in [0.5, 0.6) is 23.0 Å². The molecule has 0 saturated heterocycles. The summed E-state index contributed by atoms with van der Waals surface area (Å²) in [6.07, 6.45) is 0. The van der Waals surface area contributed by atoms with Crippen LogP contribution in [0.2, 0.25) is 5.02 Å². The van der Waals surface area contributed by atoms with Crippen molar-refractivity contribution in [2.24, 2.45) is 0 Å². The van der Waals surface area contributed by atoms with Crippen molar-refractivity contribution in [3.63, 3.8) is 0 Å². The van der Waals surface area contributed by atoms with Crippen LogP contribution in [0.3, 0.4) is 0 Å². The zero-order valence-electron chi connectivity index (χ0n) is 17.0. The second-order valence-corrected chi connectivity index (χ2v) is 8.64. The van der Waals surface area contributed by atoms with Crippen LogP contribution in [-0.4, -0.2) is 22.6 Å². The monoisotopic (exact) mass is 447 g/mol. The summed E-state index contributed by atoms with van der Waals surface area (Å²) in [5, 5.41) is 0.364. The van der Waals surface area contributed by atoms with Gasteiger partial charge in [0.1, 0.15) is 5.75 Å². The molecule has 0 aromatic heterocycles. The van der Waals surface area contributed by atoms with E-state index in [-0.39, 0.29) is 16.3 Å². The normalized spacial score (nSPS) is 11.1. The summed E-state index contributed by atoms with van der Waals surface area (Å²) in [6, 6.07) is 15.1. The summed E-state index contributed by atoms with van der Waals surface area (Å²) >= 11 is 6.12. The lowest BCUT2D eigenvalue weighted by molar-refractivity contribution is 0.379. The number of hydrogen-bond donors (Lipinski definition) is 1.